The Bertz CT molecular complexity index is 448. The van der Waals surface area contributed by atoms with Crippen LogP contribution in [0.15, 0.2) is 34.9 Å². The first kappa shape index (κ1) is 9.93. The number of aryl methyl sites for hydroxylation is 1. The molecule has 2 rings (SSSR count). The summed E-state index contributed by atoms with van der Waals surface area (Å²) in [4.78, 5) is 4.14. The van der Waals surface area contributed by atoms with E-state index in [-0.39, 0.29) is 6.61 Å². The number of benzene rings is 1. The molecule has 0 saturated heterocycles. The van der Waals surface area contributed by atoms with E-state index < -0.39 is 0 Å². The van der Waals surface area contributed by atoms with Crippen LogP contribution in [0.25, 0.3) is 0 Å². The van der Waals surface area contributed by atoms with E-state index in [1.165, 1.54) is 17.4 Å². The van der Waals surface area contributed by atoms with Gasteiger partial charge in [-0.2, -0.15) is 0 Å². The van der Waals surface area contributed by atoms with Crippen LogP contribution in [0.2, 0.25) is 0 Å². The maximum Gasteiger partial charge on any atom is 0.198 e. The number of aliphatic hydroxyl groups is 1. The predicted molar refractivity (Wildman–Crippen MR) is 56.4 cm³/mol. The molecule has 1 aromatic heterocycles. The van der Waals surface area contributed by atoms with Gasteiger partial charge < -0.3 is 9.52 Å². The van der Waals surface area contributed by atoms with Crippen LogP contribution in [0, 0.1) is 6.92 Å². The third-order valence-corrected chi connectivity index (χ3v) is 2.20. The Labute approximate surface area is 88.4 Å². The second-order valence-corrected chi connectivity index (χ2v) is 3.56. The zero-order valence-electron chi connectivity index (χ0n) is 8.60. The Hall–Kier alpha value is -1.61. The minimum absolute atomic E-state index is 0.0721. The van der Waals surface area contributed by atoms with Gasteiger partial charge in [-0.25, -0.2) is 4.98 Å². The van der Waals surface area contributed by atoms with Crippen LogP contribution in [0.3, 0.4) is 0 Å². The molecule has 0 atom stereocenters. The van der Waals surface area contributed by atoms with Gasteiger partial charge in [0.2, 0.25) is 0 Å². The lowest BCUT2D eigenvalue weighted by molar-refractivity contribution is 0.276. The first-order valence-corrected chi connectivity index (χ1v) is 4.87. The highest BCUT2D eigenvalue weighted by atomic mass is 16.3. The van der Waals surface area contributed by atoms with Gasteiger partial charge in [-0.05, 0) is 12.5 Å². The largest absolute Gasteiger partial charge is 0.448 e. The predicted octanol–water partition coefficient (Wildman–Crippen LogP) is 2.07. The van der Waals surface area contributed by atoms with E-state index in [2.05, 4.69) is 24.0 Å². The number of aromatic nitrogens is 1. The second kappa shape index (κ2) is 4.28. The Balaban J connectivity index is 2.14. The van der Waals surface area contributed by atoms with Crippen molar-refractivity contribution in [1.82, 2.24) is 4.98 Å². The molecule has 0 spiro atoms. The van der Waals surface area contributed by atoms with Crippen molar-refractivity contribution in [3.63, 3.8) is 0 Å². The Morgan fingerprint density at radius 1 is 1.40 bits per heavy atom. The molecule has 3 heteroatoms. The van der Waals surface area contributed by atoms with Gasteiger partial charge in [-0.1, -0.05) is 29.8 Å². The molecule has 1 aromatic carbocycles. The fourth-order valence-corrected chi connectivity index (χ4v) is 1.50. The van der Waals surface area contributed by atoms with Crippen molar-refractivity contribution in [3.05, 3.63) is 53.2 Å². The van der Waals surface area contributed by atoms with E-state index in [1.54, 1.807) is 0 Å². The van der Waals surface area contributed by atoms with Crippen molar-refractivity contribution in [2.75, 3.05) is 0 Å². The molecule has 0 fully saturated rings. The first-order chi connectivity index (χ1) is 7.28. The summed E-state index contributed by atoms with van der Waals surface area (Å²) in [6, 6.07) is 8.21. The maximum atomic E-state index is 8.84. The molecule has 0 aliphatic rings. The molecule has 0 amide bonds. The van der Waals surface area contributed by atoms with E-state index in [4.69, 9.17) is 9.52 Å². The monoisotopic (exact) mass is 203 g/mol. The molecule has 0 aliphatic carbocycles. The topological polar surface area (TPSA) is 46.3 Å². The molecular formula is C12H13NO2. The molecule has 3 nitrogen and oxygen atoms in total. The molecule has 78 valence electrons. The summed E-state index contributed by atoms with van der Waals surface area (Å²) in [6.07, 6.45) is 2.16. The van der Waals surface area contributed by atoms with E-state index in [9.17, 15) is 0 Å². The Morgan fingerprint density at radius 3 is 2.93 bits per heavy atom. The van der Waals surface area contributed by atoms with Gasteiger partial charge in [0.1, 0.15) is 12.0 Å². The standard InChI is InChI=1S/C12H13NO2/c1-9-3-2-4-10(5-9)6-12-13-11(7-14)8-15-12/h2-5,8,14H,6-7H2,1H3. The molecule has 15 heavy (non-hydrogen) atoms. The molecule has 2 aromatic rings. The average molecular weight is 203 g/mol. The molecule has 0 unspecified atom stereocenters. The summed E-state index contributed by atoms with van der Waals surface area (Å²) in [7, 11) is 0. The van der Waals surface area contributed by atoms with Crippen LogP contribution >= 0.6 is 0 Å². The van der Waals surface area contributed by atoms with Crippen LogP contribution in [0.5, 0.6) is 0 Å². The number of aliphatic hydroxyl groups excluding tert-OH is 1. The van der Waals surface area contributed by atoms with Crippen molar-refractivity contribution in [3.8, 4) is 0 Å². The van der Waals surface area contributed by atoms with Gasteiger partial charge in [0.05, 0.1) is 6.61 Å². The minimum atomic E-state index is -0.0721. The average Bonchev–Trinajstić information content (AvgIpc) is 2.65. The third kappa shape index (κ3) is 2.44. The smallest absolute Gasteiger partial charge is 0.198 e. The van der Waals surface area contributed by atoms with Crippen LogP contribution in [0.4, 0.5) is 0 Å². The lowest BCUT2D eigenvalue weighted by Gasteiger charge is -1.98. The number of oxazole rings is 1. The Morgan fingerprint density at radius 2 is 2.27 bits per heavy atom. The lowest BCUT2D eigenvalue weighted by atomic mass is 10.1. The van der Waals surface area contributed by atoms with E-state index >= 15 is 0 Å². The summed E-state index contributed by atoms with van der Waals surface area (Å²) in [5.74, 6) is 0.643. The molecule has 1 N–H and O–H groups in total. The SMILES string of the molecule is Cc1cccc(Cc2nc(CO)co2)c1. The molecule has 0 radical (unpaired) electrons. The van der Waals surface area contributed by atoms with E-state index in [0.29, 0.717) is 18.0 Å². The fraction of sp³-hybridized carbons (Fsp3) is 0.250. The van der Waals surface area contributed by atoms with Gasteiger partial charge in [0.15, 0.2) is 5.89 Å². The normalized spacial score (nSPS) is 10.5. The molecule has 0 saturated carbocycles. The van der Waals surface area contributed by atoms with Crippen LogP contribution in [-0.2, 0) is 13.0 Å². The van der Waals surface area contributed by atoms with Crippen molar-refractivity contribution < 1.29 is 9.52 Å². The highest BCUT2D eigenvalue weighted by Crippen LogP contribution is 2.11. The van der Waals surface area contributed by atoms with Crippen molar-refractivity contribution in [2.24, 2.45) is 0 Å². The summed E-state index contributed by atoms with van der Waals surface area (Å²) in [5.41, 5.74) is 2.97. The zero-order valence-corrected chi connectivity index (χ0v) is 8.60. The number of rotatable bonds is 3. The molecule has 1 heterocycles. The maximum absolute atomic E-state index is 8.84. The molecule has 0 aliphatic heterocycles. The van der Waals surface area contributed by atoms with Crippen LogP contribution < -0.4 is 0 Å². The number of hydrogen-bond acceptors (Lipinski definition) is 3. The lowest BCUT2D eigenvalue weighted by Crippen LogP contribution is -1.90. The van der Waals surface area contributed by atoms with E-state index in [0.717, 1.165) is 0 Å². The van der Waals surface area contributed by atoms with Crippen molar-refractivity contribution in [2.45, 2.75) is 20.0 Å². The Kier molecular flexibility index (Phi) is 2.83. The molecule has 0 bridgehead atoms. The van der Waals surface area contributed by atoms with Gasteiger partial charge in [-0.3, -0.25) is 0 Å². The second-order valence-electron chi connectivity index (χ2n) is 3.56. The quantitative estimate of drug-likeness (QED) is 0.830. The van der Waals surface area contributed by atoms with Gasteiger partial charge in [-0.15, -0.1) is 0 Å². The van der Waals surface area contributed by atoms with Crippen LogP contribution in [0.1, 0.15) is 22.7 Å². The summed E-state index contributed by atoms with van der Waals surface area (Å²) in [6.45, 7) is 1.98. The zero-order chi connectivity index (χ0) is 10.7. The third-order valence-electron chi connectivity index (χ3n) is 2.20. The highest BCUT2D eigenvalue weighted by molar-refractivity contribution is 5.24. The fourth-order valence-electron chi connectivity index (χ4n) is 1.50. The van der Waals surface area contributed by atoms with Crippen LogP contribution in [-0.4, -0.2) is 10.1 Å². The van der Waals surface area contributed by atoms with Gasteiger partial charge in [0, 0.05) is 6.42 Å². The number of hydrogen-bond donors (Lipinski definition) is 1. The van der Waals surface area contributed by atoms with Gasteiger partial charge in [0.25, 0.3) is 0 Å². The highest BCUT2D eigenvalue weighted by Gasteiger charge is 2.03. The molecular weight excluding hydrogens is 190 g/mol. The van der Waals surface area contributed by atoms with E-state index in [1.807, 2.05) is 12.1 Å². The number of nitrogens with zero attached hydrogens (tertiary/aromatic N) is 1. The summed E-state index contributed by atoms with van der Waals surface area (Å²) < 4.78 is 5.23. The van der Waals surface area contributed by atoms with Crippen molar-refractivity contribution in [1.29, 1.82) is 0 Å². The summed E-state index contributed by atoms with van der Waals surface area (Å²) >= 11 is 0. The summed E-state index contributed by atoms with van der Waals surface area (Å²) in [5, 5.41) is 8.84. The van der Waals surface area contributed by atoms with Crippen molar-refractivity contribution >= 4 is 0 Å². The van der Waals surface area contributed by atoms with Gasteiger partial charge >= 0.3 is 0 Å². The first-order valence-electron chi connectivity index (χ1n) is 4.87. The minimum Gasteiger partial charge on any atom is -0.448 e.